The second-order valence-electron chi connectivity index (χ2n) is 4.07. The molecule has 2 rings (SSSR count). The third-order valence-electron chi connectivity index (χ3n) is 2.59. The highest BCUT2D eigenvalue weighted by Gasteiger charge is 1.98. The van der Waals surface area contributed by atoms with Gasteiger partial charge in [0.15, 0.2) is 0 Å². The standard InChI is InChI=1S/C14H12I2N2/c1-9-3-5-11(7-13(9)15)17-18-12-6-4-10(2)14(16)8-12/h3-8H,1-2H3. The Labute approximate surface area is 134 Å². The number of aryl methyl sites for hydroxylation is 2. The monoisotopic (exact) mass is 462 g/mol. The van der Waals surface area contributed by atoms with Crippen LogP contribution in [0.3, 0.4) is 0 Å². The second-order valence-corrected chi connectivity index (χ2v) is 6.39. The van der Waals surface area contributed by atoms with Crippen LogP contribution in [0, 0.1) is 21.0 Å². The highest BCUT2D eigenvalue weighted by atomic mass is 127. The van der Waals surface area contributed by atoms with Crippen LogP contribution in [0.1, 0.15) is 11.1 Å². The third kappa shape index (κ3) is 3.50. The quantitative estimate of drug-likeness (QED) is 0.391. The summed E-state index contributed by atoms with van der Waals surface area (Å²) in [5.41, 5.74) is 4.31. The molecule has 0 amide bonds. The van der Waals surface area contributed by atoms with Gasteiger partial charge in [-0.3, -0.25) is 0 Å². The van der Waals surface area contributed by atoms with E-state index in [1.54, 1.807) is 0 Å². The molecule has 0 aromatic heterocycles. The van der Waals surface area contributed by atoms with E-state index in [9.17, 15) is 0 Å². The van der Waals surface area contributed by atoms with E-state index in [1.165, 1.54) is 18.3 Å². The average molecular weight is 462 g/mol. The Morgan fingerprint density at radius 1 is 0.722 bits per heavy atom. The molecule has 0 fully saturated rings. The molecule has 0 saturated carbocycles. The lowest BCUT2D eigenvalue weighted by molar-refractivity contribution is 1.21. The molecule has 18 heavy (non-hydrogen) atoms. The molecule has 92 valence electrons. The van der Waals surface area contributed by atoms with Crippen molar-refractivity contribution in [3.05, 3.63) is 54.7 Å². The Balaban J connectivity index is 2.24. The summed E-state index contributed by atoms with van der Waals surface area (Å²) in [6.07, 6.45) is 0. The SMILES string of the molecule is Cc1ccc(N=Nc2ccc(C)c(I)c2)cc1I. The van der Waals surface area contributed by atoms with Crippen LogP contribution in [-0.4, -0.2) is 0 Å². The molecular weight excluding hydrogens is 450 g/mol. The van der Waals surface area contributed by atoms with Crippen molar-refractivity contribution in [1.29, 1.82) is 0 Å². The lowest BCUT2D eigenvalue weighted by atomic mass is 10.2. The van der Waals surface area contributed by atoms with Crippen molar-refractivity contribution in [3.8, 4) is 0 Å². The summed E-state index contributed by atoms with van der Waals surface area (Å²) in [6, 6.07) is 12.2. The van der Waals surface area contributed by atoms with E-state index < -0.39 is 0 Å². The zero-order valence-electron chi connectivity index (χ0n) is 10.1. The van der Waals surface area contributed by atoms with Gasteiger partial charge >= 0.3 is 0 Å². The topological polar surface area (TPSA) is 24.7 Å². The number of azo groups is 1. The maximum Gasteiger partial charge on any atom is 0.0867 e. The molecule has 0 aliphatic heterocycles. The van der Waals surface area contributed by atoms with Gasteiger partial charge in [-0.15, -0.1) is 0 Å². The molecule has 0 unspecified atom stereocenters. The predicted octanol–water partition coefficient (Wildman–Crippen LogP) is 5.93. The molecule has 4 heteroatoms. The summed E-state index contributed by atoms with van der Waals surface area (Å²) in [5, 5.41) is 8.53. The molecule has 0 N–H and O–H groups in total. The van der Waals surface area contributed by atoms with Gasteiger partial charge in [0, 0.05) is 7.14 Å². The molecule has 0 radical (unpaired) electrons. The molecule has 0 aliphatic carbocycles. The minimum atomic E-state index is 0.889. The summed E-state index contributed by atoms with van der Waals surface area (Å²) in [6.45, 7) is 4.18. The Morgan fingerprint density at radius 2 is 1.11 bits per heavy atom. The molecule has 2 aromatic carbocycles. The Kier molecular flexibility index (Phi) is 4.71. The maximum absolute atomic E-state index is 4.27. The minimum absolute atomic E-state index is 0.889. The Morgan fingerprint density at radius 3 is 1.44 bits per heavy atom. The van der Waals surface area contributed by atoms with E-state index in [1.807, 2.05) is 24.3 Å². The molecule has 2 nitrogen and oxygen atoms in total. The number of halogens is 2. The van der Waals surface area contributed by atoms with Crippen molar-refractivity contribution < 1.29 is 0 Å². The molecule has 0 atom stereocenters. The van der Waals surface area contributed by atoms with Gasteiger partial charge in [-0.05, 0) is 94.4 Å². The smallest absolute Gasteiger partial charge is 0.0867 e. The van der Waals surface area contributed by atoms with Gasteiger partial charge in [0.25, 0.3) is 0 Å². The number of benzene rings is 2. The van der Waals surface area contributed by atoms with Crippen LogP contribution >= 0.6 is 45.2 Å². The molecule has 0 bridgehead atoms. The van der Waals surface area contributed by atoms with E-state index in [2.05, 4.69) is 81.4 Å². The summed E-state index contributed by atoms with van der Waals surface area (Å²) in [5.74, 6) is 0. The van der Waals surface area contributed by atoms with E-state index in [0.29, 0.717) is 0 Å². The molecule has 0 heterocycles. The first-order valence-electron chi connectivity index (χ1n) is 5.50. The fraction of sp³-hybridized carbons (Fsp3) is 0.143. The first kappa shape index (κ1) is 13.9. The molecule has 0 saturated heterocycles. The van der Waals surface area contributed by atoms with Crippen molar-refractivity contribution in [2.24, 2.45) is 10.2 Å². The maximum atomic E-state index is 4.27. The lowest BCUT2D eigenvalue weighted by Crippen LogP contribution is -1.78. The van der Waals surface area contributed by atoms with E-state index in [4.69, 9.17) is 0 Å². The van der Waals surface area contributed by atoms with Gasteiger partial charge in [-0.2, -0.15) is 10.2 Å². The molecule has 0 aliphatic rings. The number of hydrogen-bond donors (Lipinski definition) is 0. The van der Waals surface area contributed by atoms with Crippen LogP contribution in [-0.2, 0) is 0 Å². The van der Waals surface area contributed by atoms with Crippen LogP contribution in [0.2, 0.25) is 0 Å². The van der Waals surface area contributed by atoms with Crippen LogP contribution in [0.5, 0.6) is 0 Å². The number of rotatable bonds is 2. The first-order valence-corrected chi connectivity index (χ1v) is 7.66. The van der Waals surface area contributed by atoms with Crippen LogP contribution < -0.4 is 0 Å². The van der Waals surface area contributed by atoms with Gasteiger partial charge in [0.05, 0.1) is 11.4 Å². The molecular formula is C14H12I2N2. The largest absolute Gasteiger partial charge is 0.151 e. The van der Waals surface area contributed by atoms with Gasteiger partial charge in [0.1, 0.15) is 0 Å². The van der Waals surface area contributed by atoms with Gasteiger partial charge < -0.3 is 0 Å². The van der Waals surface area contributed by atoms with E-state index >= 15 is 0 Å². The van der Waals surface area contributed by atoms with Gasteiger partial charge in [-0.25, -0.2) is 0 Å². The minimum Gasteiger partial charge on any atom is -0.151 e. The van der Waals surface area contributed by atoms with Crippen molar-refractivity contribution in [2.45, 2.75) is 13.8 Å². The first-order chi connectivity index (χ1) is 8.56. The predicted molar refractivity (Wildman–Crippen MR) is 92.0 cm³/mol. The van der Waals surface area contributed by atoms with Crippen molar-refractivity contribution >= 4 is 56.6 Å². The average Bonchev–Trinajstić information content (AvgIpc) is 2.35. The fourth-order valence-corrected chi connectivity index (χ4v) is 2.40. The summed E-state index contributed by atoms with van der Waals surface area (Å²) >= 11 is 4.62. The zero-order valence-corrected chi connectivity index (χ0v) is 14.4. The normalized spacial score (nSPS) is 11.1. The van der Waals surface area contributed by atoms with Crippen LogP contribution in [0.4, 0.5) is 11.4 Å². The highest BCUT2D eigenvalue weighted by molar-refractivity contribution is 14.1. The van der Waals surface area contributed by atoms with Crippen molar-refractivity contribution in [3.63, 3.8) is 0 Å². The number of nitrogens with zero attached hydrogens (tertiary/aromatic N) is 2. The number of hydrogen-bond acceptors (Lipinski definition) is 2. The van der Waals surface area contributed by atoms with Crippen molar-refractivity contribution in [1.82, 2.24) is 0 Å². The zero-order chi connectivity index (χ0) is 13.1. The molecule has 2 aromatic rings. The fourth-order valence-electron chi connectivity index (χ4n) is 1.40. The lowest BCUT2D eigenvalue weighted by Gasteiger charge is -2.00. The summed E-state index contributed by atoms with van der Waals surface area (Å²) in [7, 11) is 0. The van der Waals surface area contributed by atoms with Crippen molar-refractivity contribution in [2.75, 3.05) is 0 Å². The molecule has 0 spiro atoms. The summed E-state index contributed by atoms with van der Waals surface area (Å²) in [4.78, 5) is 0. The highest BCUT2D eigenvalue weighted by Crippen LogP contribution is 2.24. The van der Waals surface area contributed by atoms with E-state index in [-0.39, 0.29) is 0 Å². The Hall–Kier alpha value is -0.500. The van der Waals surface area contributed by atoms with E-state index in [0.717, 1.165) is 11.4 Å². The van der Waals surface area contributed by atoms with Gasteiger partial charge in [0.2, 0.25) is 0 Å². The van der Waals surface area contributed by atoms with Gasteiger partial charge in [-0.1, -0.05) is 12.1 Å². The van der Waals surface area contributed by atoms with Crippen LogP contribution in [0.15, 0.2) is 46.6 Å². The Bertz CT molecular complexity index is 553. The third-order valence-corrected chi connectivity index (χ3v) is 4.92. The summed E-state index contributed by atoms with van der Waals surface area (Å²) < 4.78 is 2.42. The van der Waals surface area contributed by atoms with Crippen LogP contribution in [0.25, 0.3) is 0 Å². The second kappa shape index (κ2) is 6.10.